The highest BCUT2D eigenvalue weighted by Gasteiger charge is 2.34. The number of nitrogens with zero attached hydrogens (tertiary/aromatic N) is 2. The molecule has 1 aromatic heterocycles. The Morgan fingerprint density at radius 3 is 2.68 bits per heavy atom. The summed E-state index contributed by atoms with van der Waals surface area (Å²) in [5.74, 6) is 1.09. The van der Waals surface area contributed by atoms with E-state index in [9.17, 15) is 0 Å². The van der Waals surface area contributed by atoms with E-state index in [1.165, 1.54) is 18.4 Å². The minimum absolute atomic E-state index is 0.368. The molecule has 0 saturated carbocycles. The van der Waals surface area contributed by atoms with Crippen LogP contribution < -0.4 is 10.2 Å². The number of ether oxygens (including phenoxy) is 1. The van der Waals surface area contributed by atoms with Gasteiger partial charge in [0, 0.05) is 25.3 Å². The van der Waals surface area contributed by atoms with Gasteiger partial charge < -0.3 is 15.0 Å². The molecule has 2 bridgehead atoms. The molecule has 3 unspecified atom stereocenters. The molecule has 2 aliphatic rings. The minimum Gasteiger partial charge on any atom is -0.371 e. The molecular formula is C15H23N3O. The van der Waals surface area contributed by atoms with Gasteiger partial charge in [0.2, 0.25) is 0 Å². The van der Waals surface area contributed by atoms with Crippen molar-refractivity contribution in [3.63, 3.8) is 0 Å². The molecule has 1 N–H and O–H groups in total. The number of anilines is 1. The molecule has 0 radical (unpaired) electrons. The van der Waals surface area contributed by atoms with Crippen LogP contribution in [0.4, 0.5) is 5.82 Å². The Labute approximate surface area is 115 Å². The van der Waals surface area contributed by atoms with Gasteiger partial charge in [-0.3, -0.25) is 0 Å². The summed E-state index contributed by atoms with van der Waals surface area (Å²) >= 11 is 0. The fraction of sp³-hybridized carbons (Fsp3) is 0.667. The molecule has 4 heteroatoms. The standard InChI is InChI=1S/C15H23N3O/c1-3-16-11(2)12-4-7-15(17-8-12)18-9-13-5-6-14(10-18)19-13/h4,7-8,11,13-14,16H,3,5-6,9-10H2,1-2H3. The summed E-state index contributed by atoms with van der Waals surface area (Å²) in [6.07, 6.45) is 5.25. The van der Waals surface area contributed by atoms with Crippen molar-refractivity contribution in [3.05, 3.63) is 23.9 Å². The molecule has 4 nitrogen and oxygen atoms in total. The van der Waals surface area contributed by atoms with E-state index < -0.39 is 0 Å². The van der Waals surface area contributed by atoms with Crippen molar-refractivity contribution in [2.45, 2.75) is 44.9 Å². The molecule has 19 heavy (non-hydrogen) atoms. The summed E-state index contributed by atoms with van der Waals surface area (Å²) in [5, 5.41) is 3.41. The topological polar surface area (TPSA) is 37.4 Å². The van der Waals surface area contributed by atoms with Crippen molar-refractivity contribution in [3.8, 4) is 0 Å². The van der Waals surface area contributed by atoms with Crippen LogP contribution in [0.15, 0.2) is 18.3 Å². The zero-order valence-corrected chi connectivity index (χ0v) is 11.8. The van der Waals surface area contributed by atoms with Crippen LogP contribution in [0.25, 0.3) is 0 Å². The number of hydrogen-bond donors (Lipinski definition) is 1. The van der Waals surface area contributed by atoms with Crippen LogP contribution in [-0.4, -0.2) is 36.8 Å². The lowest BCUT2D eigenvalue weighted by Crippen LogP contribution is -2.43. The highest BCUT2D eigenvalue weighted by atomic mass is 16.5. The minimum atomic E-state index is 0.368. The number of fused-ring (bicyclic) bond motifs is 2. The van der Waals surface area contributed by atoms with E-state index in [0.29, 0.717) is 18.2 Å². The van der Waals surface area contributed by atoms with E-state index in [-0.39, 0.29) is 0 Å². The van der Waals surface area contributed by atoms with Gasteiger partial charge in [0.1, 0.15) is 5.82 Å². The summed E-state index contributed by atoms with van der Waals surface area (Å²) in [5.41, 5.74) is 1.25. The molecule has 0 aromatic carbocycles. The van der Waals surface area contributed by atoms with Gasteiger partial charge in [-0.15, -0.1) is 0 Å². The predicted octanol–water partition coefficient (Wildman–Crippen LogP) is 2.12. The molecule has 2 saturated heterocycles. The van der Waals surface area contributed by atoms with E-state index in [4.69, 9.17) is 4.74 Å². The molecule has 1 aromatic rings. The van der Waals surface area contributed by atoms with Crippen molar-refractivity contribution >= 4 is 5.82 Å². The van der Waals surface area contributed by atoms with Crippen LogP contribution in [0.5, 0.6) is 0 Å². The summed E-state index contributed by atoms with van der Waals surface area (Å²) < 4.78 is 5.86. The van der Waals surface area contributed by atoms with Crippen molar-refractivity contribution in [2.24, 2.45) is 0 Å². The molecule has 0 spiro atoms. The molecule has 104 valence electrons. The molecule has 3 heterocycles. The van der Waals surface area contributed by atoms with E-state index >= 15 is 0 Å². The molecule has 0 amide bonds. The number of morpholine rings is 1. The van der Waals surface area contributed by atoms with Gasteiger partial charge in [-0.25, -0.2) is 4.98 Å². The third kappa shape index (κ3) is 2.74. The van der Waals surface area contributed by atoms with Gasteiger partial charge in [0.15, 0.2) is 0 Å². The van der Waals surface area contributed by atoms with Gasteiger partial charge >= 0.3 is 0 Å². The third-order valence-corrected chi connectivity index (χ3v) is 4.15. The smallest absolute Gasteiger partial charge is 0.128 e. The zero-order chi connectivity index (χ0) is 13.2. The fourth-order valence-corrected chi connectivity index (χ4v) is 3.07. The Morgan fingerprint density at radius 2 is 2.11 bits per heavy atom. The summed E-state index contributed by atoms with van der Waals surface area (Å²) in [4.78, 5) is 7.00. The van der Waals surface area contributed by atoms with E-state index in [2.05, 4.69) is 41.2 Å². The first kappa shape index (κ1) is 12.9. The Morgan fingerprint density at radius 1 is 1.37 bits per heavy atom. The Bertz CT molecular complexity index is 408. The van der Waals surface area contributed by atoms with E-state index in [1.807, 2.05) is 6.20 Å². The average Bonchev–Trinajstić information content (AvgIpc) is 2.78. The van der Waals surface area contributed by atoms with Crippen LogP contribution in [0.2, 0.25) is 0 Å². The highest BCUT2D eigenvalue weighted by molar-refractivity contribution is 5.41. The second kappa shape index (κ2) is 5.47. The van der Waals surface area contributed by atoms with Crippen molar-refractivity contribution in [2.75, 3.05) is 24.5 Å². The van der Waals surface area contributed by atoms with Crippen LogP contribution in [0.1, 0.15) is 38.3 Å². The van der Waals surface area contributed by atoms with Gasteiger partial charge in [0.05, 0.1) is 12.2 Å². The zero-order valence-electron chi connectivity index (χ0n) is 11.8. The summed E-state index contributed by atoms with van der Waals surface area (Å²) in [7, 11) is 0. The maximum absolute atomic E-state index is 5.86. The third-order valence-electron chi connectivity index (χ3n) is 4.15. The number of pyridine rings is 1. The van der Waals surface area contributed by atoms with Gasteiger partial charge in [-0.1, -0.05) is 13.0 Å². The number of nitrogens with one attached hydrogen (secondary N) is 1. The first-order valence-corrected chi connectivity index (χ1v) is 7.36. The predicted molar refractivity (Wildman–Crippen MR) is 76.4 cm³/mol. The second-order valence-corrected chi connectivity index (χ2v) is 5.59. The summed E-state index contributed by atoms with van der Waals surface area (Å²) in [6.45, 7) is 7.27. The number of rotatable bonds is 4. The number of aromatic nitrogens is 1. The van der Waals surface area contributed by atoms with Crippen molar-refractivity contribution in [1.29, 1.82) is 0 Å². The lowest BCUT2D eigenvalue weighted by atomic mass is 10.1. The van der Waals surface area contributed by atoms with Gasteiger partial charge in [-0.05, 0) is 37.9 Å². The lowest BCUT2D eigenvalue weighted by molar-refractivity contribution is 0.0302. The first-order chi connectivity index (χ1) is 9.26. The quantitative estimate of drug-likeness (QED) is 0.901. The summed E-state index contributed by atoms with van der Waals surface area (Å²) in [6, 6.07) is 4.70. The Balaban J connectivity index is 1.68. The monoisotopic (exact) mass is 261 g/mol. The van der Waals surface area contributed by atoms with Crippen LogP contribution in [0, 0.1) is 0 Å². The molecule has 2 aliphatic heterocycles. The largest absolute Gasteiger partial charge is 0.371 e. The Hall–Kier alpha value is -1.13. The van der Waals surface area contributed by atoms with Crippen LogP contribution in [0.3, 0.4) is 0 Å². The average molecular weight is 261 g/mol. The van der Waals surface area contributed by atoms with Crippen molar-refractivity contribution in [1.82, 2.24) is 10.3 Å². The van der Waals surface area contributed by atoms with Gasteiger partial charge in [0.25, 0.3) is 0 Å². The van der Waals surface area contributed by atoms with E-state index in [0.717, 1.165) is 25.5 Å². The molecular weight excluding hydrogens is 238 g/mol. The fourth-order valence-electron chi connectivity index (χ4n) is 3.07. The lowest BCUT2D eigenvalue weighted by Gasteiger charge is -2.33. The SMILES string of the molecule is CCNC(C)c1ccc(N2CC3CCC(C2)O3)nc1. The number of hydrogen-bond acceptors (Lipinski definition) is 4. The van der Waals surface area contributed by atoms with Crippen molar-refractivity contribution < 1.29 is 4.74 Å². The Kier molecular flexibility index (Phi) is 3.71. The molecule has 0 aliphatic carbocycles. The first-order valence-electron chi connectivity index (χ1n) is 7.36. The maximum Gasteiger partial charge on any atom is 0.128 e. The molecule has 2 fully saturated rings. The van der Waals surface area contributed by atoms with Gasteiger partial charge in [-0.2, -0.15) is 0 Å². The van der Waals surface area contributed by atoms with Crippen LogP contribution in [-0.2, 0) is 4.74 Å². The normalized spacial score (nSPS) is 27.6. The molecule has 3 atom stereocenters. The van der Waals surface area contributed by atoms with Crippen LogP contribution >= 0.6 is 0 Å². The van der Waals surface area contributed by atoms with E-state index in [1.54, 1.807) is 0 Å². The highest BCUT2D eigenvalue weighted by Crippen LogP contribution is 2.29. The maximum atomic E-state index is 5.86. The second-order valence-electron chi connectivity index (χ2n) is 5.59. The molecule has 3 rings (SSSR count).